The maximum atomic E-state index is 13.6. The van der Waals surface area contributed by atoms with Crippen molar-refractivity contribution in [2.24, 2.45) is 5.41 Å². The molecule has 188 valence electrons. The highest BCUT2D eigenvalue weighted by Crippen LogP contribution is 2.43. The van der Waals surface area contributed by atoms with Crippen molar-refractivity contribution in [2.75, 3.05) is 25.9 Å². The molecule has 0 spiro atoms. The Morgan fingerprint density at radius 3 is 2.49 bits per heavy atom. The van der Waals surface area contributed by atoms with E-state index in [-0.39, 0.29) is 23.7 Å². The number of nitrogens with zero attached hydrogens (tertiary/aromatic N) is 1. The van der Waals surface area contributed by atoms with Crippen molar-refractivity contribution >= 4 is 23.7 Å². The van der Waals surface area contributed by atoms with Gasteiger partial charge in [-0.3, -0.25) is 9.59 Å². The van der Waals surface area contributed by atoms with Gasteiger partial charge in [-0.15, -0.1) is 0 Å². The van der Waals surface area contributed by atoms with Crippen LogP contribution in [-0.2, 0) is 19.2 Å². The first-order valence-electron chi connectivity index (χ1n) is 11.7. The number of rotatable bonds is 9. The molecule has 0 saturated carbocycles. The smallest absolute Gasteiger partial charge is 0.256 e. The van der Waals surface area contributed by atoms with E-state index in [1.54, 1.807) is 64.3 Å². The number of ether oxygens (including phenoxy) is 3. The minimum absolute atomic E-state index is 0.276. The van der Waals surface area contributed by atoms with Crippen LogP contribution in [0.25, 0.3) is 11.1 Å². The van der Waals surface area contributed by atoms with Crippen LogP contribution in [0.3, 0.4) is 0 Å². The lowest BCUT2D eigenvalue weighted by Crippen LogP contribution is -2.43. The molecule has 8 nitrogen and oxygen atoms in total. The molecular formula is C27H33NO7. The summed E-state index contributed by atoms with van der Waals surface area (Å²) >= 11 is 0. The highest BCUT2D eigenvalue weighted by molar-refractivity contribution is 6.11. The summed E-state index contributed by atoms with van der Waals surface area (Å²) in [6.45, 7) is 5.92. The Kier molecular flexibility index (Phi) is 8.64. The molecule has 35 heavy (non-hydrogen) atoms. The van der Waals surface area contributed by atoms with Crippen LogP contribution in [-0.4, -0.2) is 45.1 Å². The molecule has 1 atom stereocenters. The predicted molar refractivity (Wildman–Crippen MR) is 132 cm³/mol. The molecule has 1 amide bonds. The third-order valence-corrected chi connectivity index (χ3v) is 5.70. The highest BCUT2D eigenvalue weighted by atomic mass is 16.8. The number of carbonyl (C=O) groups is 3. The van der Waals surface area contributed by atoms with Crippen LogP contribution >= 0.6 is 0 Å². The molecule has 1 aliphatic heterocycles. The van der Waals surface area contributed by atoms with Crippen molar-refractivity contribution in [3.8, 4) is 22.6 Å². The van der Waals surface area contributed by atoms with Gasteiger partial charge in [0.1, 0.15) is 17.8 Å². The molecule has 0 radical (unpaired) electrons. The third kappa shape index (κ3) is 6.07. The van der Waals surface area contributed by atoms with E-state index in [1.165, 1.54) is 12.2 Å². The van der Waals surface area contributed by atoms with Crippen LogP contribution in [0.2, 0.25) is 0 Å². The number of hydroxylamine groups is 1. The van der Waals surface area contributed by atoms with E-state index in [9.17, 15) is 14.4 Å². The zero-order valence-electron chi connectivity index (χ0n) is 21.0. The number of ketones is 1. The van der Waals surface area contributed by atoms with Crippen molar-refractivity contribution < 1.29 is 33.4 Å². The average Bonchev–Trinajstić information content (AvgIpc) is 2.86. The number of benzene rings is 2. The summed E-state index contributed by atoms with van der Waals surface area (Å²) in [6, 6.07) is 10.2. The highest BCUT2D eigenvalue weighted by Gasteiger charge is 2.35. The summed E-state index contributed by atoms with van der Waals surface area (Å²) in [4.78, 5) is 44.0. The van der Waals surface area contributed by atoms with Crippen LogP contribution in [0.1, 0.15) is 56.8 Å². The van der Waals surface area contributed by atoms with E-state index in [4.69, 9.17) is 19.0 Å². The van der Waals surface area contributed by atoms with Crippen LogP contribution in [0.5, 0.6) is 11.5 Å². The predicted octanol–water partition coefficient (Wildman–Crippen LogP) is 4.98. The number of hydrogen-bond donors (Lipinski definition) is 0. The molecular weight excluding hydrogens is 450 g/mol. The third-order valence-electron chi connectivity index (χ3n) is 5.70. The van der Waals surface area contributed by atoms with Gasteiger partial charge in [-0.05, 0) is 31.0 Å². The van der Waals surface area contributed by atoms with E-state index in [0.717, 1.165) is 12.8 Å². The summed E-state index contributed by atoms with van der Waals surface area (Å²) in [7, 11) is 3.06. The fourth-order valence-electron chi connectivity index (χ4n) is 3.85. The number of Topliss-reactive ketones (excluding diaryl/α,β-unsaturated/α-hetero) is 1. The quantitative estimate of drug-likeness (QED) is 0.215. The van der Waals surface area contributed by atoms with E-state index >= 15 is 0 Å². The molecule has 0 aliphatic carbocycles. The molecule has 1 saturated heterocycles. The molecule has 8 heteroatoms. The molecule has 2 aromatic carbocycles. The average molecular weight is 484 g/mol. The topological polar surface area (TPSA) is 91.4 Å². The normalized spacial score (nSPS) is 15.9. The lowest BCUT2D eigenvalue weighted by Gasteiger charge is -2.34. The van der Waals surface area contributed by atoms with Crippen molar-refractivity contribution in [1.82, 2.24) is 0 Å². The number of carbonyl (C=O) groups excluding carboxylic acids is 3. The van der Waals surface area contributed by atoms with Crippen LogP contribution in [0, 0.1) is 5.41 Å². The van der Waals surface area contributed by atoms with Crippen LogP contribution in [0.4, 0.5) is 5.69 Å². The van der Waals surface area contributed by atoms with Gasteiger partial charge >= 0.3 is 0 Å². The first kappa shape index (κ1) is 26.4. The van der Waals surface area contributed by atoms with E-state index < -0.39 is 11.7 Å². The lowest BCUT2D eigenvalue weighted by atomic mass is 9.91. The Hall–Kier alpha value is -3.23. The monoisotopic (exact) mass is 483 g/mol. The Balaban J connectivity index is 2.27. The lowest BCUT2D eigenvalue weighted by molar-refractivity contribution is -0.180. The van der Waals surface area contributed by atoms with Crippen LogP contribution in [0.15, 0.2) is 36.4 Å². The molecule has 0 bridgehead atoms. The second-order valence-corrected chi connectivity index (χ2v) is 9.31. The standard InChI is InChI=1S/C27H33NO7/c1-27(2,3)26(31)28(35-24-11-6-7-16-34-24)21-10-8-9-19(22(30)14-15-29)25(21)20-13-12-18(32-4)17-23(20)33-5/h8-10,12-13,15,17,24H,6-7,11,14,16H2,1-5H3. The number of anilines is 1. The fraction of sp³-hybridized carbons (Fsp3) is 0.444. The SMILES string of the molecule is COc1ccc(-c2c(C(=O)CC=O)cccc2N(OC2CCCCO2)C(=O)C(C)(C)C)c(OC)c1. The molecule has 1 aliphatic rings. The summed E-state index contributed by atoms with van der Waals surface area (Å²) in [5.41, 5.74) is 0.821. The van der Waals surface area contributed by atoms with Crippen molar-refractivity contribution in [1.29, 1.82) is 0 Å². The van der Waals surface area contributed by atoms with E-state index in [0.29, 0.717) is 47.6 Å². The Labute approximate surface area is 206 Å². The van der Waals surface area contributed by atoms with Gasteiger partial charge in [-0.2, -0.15) is 5.06 Å². The van der Waals surface area contributed by atoms with Gasteiger partial charge in [-0.25, -0.2) is 4.84 Å². The molecule has 1 heterocycles. The Morgan fingerprint density at radius 2 is 1.89 bits per heavy atom. The Morgan fingerprint density at radius 1 is 1.11 bits per heavy atom. The van der Waals surface area contributed by atoms with Gasteiger partial charge in [0.2, 0.25) is 0 Å². The second-order valence-electron chi connectivity index (χ2n) is 9.31. The summed E-state index contributed by atoms with van der Waals surface area (Å²) in [5, 5.41) is 1.23. The number of amides is 1. The molecule has 3 rings (SSSR count). The maximum absolute atomic E-state index is 13.6. The summed E-state index contributed by atoms with van der Waals surface area (Å²) in [6.07, 6.45) is 2.15. The number of aldehydes is 1. The second kappa shape index (κ2) is 11.5. The first-order valence-corrected chi connectivity index (χ1v) is 11.7. The maximum Gasteiger partial charge on any atom is 0.256 e. The number of hydrogen-bond acceptors (Lipinski definition) is 7. The van der Waals surface area contributed by atoms with E-state index in [1.807, 2.05) is 0 Å². The Bertz CT molecular complexity index is 1070. The van der Waals surface area contributed by atoms with Gasteiger partial charge in [0.25, 0.3) is 5.91 Å². The molecule has 0 N–H and O–H groups in total. The van der Waals surface area contributed by atoms with Gasteiger partial charge in [0.05, 0.1) is 26.3 Å². The van der Waals surface area contributed by atoms with Crippen molar-refractivity contribution in [2.45, 2.75) is 52.7 Å². The van der Waals surface area contributed by atoms with E-state index in [2.05, 4.69) is 0 Å². The van der Waals surface area contributed by atoms with Gasteiger partial charge in [0.15, 0.2) is 12.1 Å². The summed E-state index contributed by atoms with van der Waals surface area (Å²) < 4.78 is 16.7. The van der Waals surface area contributed by atoms with Crippen molar-refractivity contribution in [3.63, 3.8) is 0 Å². The molecule has 1 unspecified atom stereocenters. The molecule has 2 aromatic rings. The van der Waals surface area contributed by atoms with Gasteiger partial charge < -0.3 is 19.0 Å². The minimum Gasteiger partial charge on any atom is -0.497 e. The summed E-state index contributed by atoms with van der Waals surface area (Å²) in [5.74, 6) is 0.319. The molecule has 0 aromatic heterocycles. The zero-order chi connectivity index (χ0) is 25.6. The van der Waals surface area contributed by atoms with Crippen LogP contribution < -0.4 is 14.5 Å². The first-order chi connectivity index (χ1) is 16.7. The largest absolute Gasteiger partial charge is 0.497 e. The number of methoxy groups -OCH3 is 2. The molecule has 1 fully saturated rings. The van der Waals surface area contributed by atoms with Crippen molar-refractivity contribution in [3.05, 3.63) is 42.0 Å². The van der Waals surface area contributed by atoms with Gasteiger partial charge in [-0.1, -0.05) is 32.9 Å². The zero-order valence-corrected chi connectivity index (χ0v) is 21.0. The van der Waals surface area contributed by atoms with Gasteiger partial charge in [0, 0.05) is 41.2 Å². The minimum atomic E-state index is -0.793. The fourth-order valence-corrected chi connectivity index (χ4v) is 3.85.